The quantitative estimate of drug-likeness (QED) is 0.862. The lowest BCUT2D eigenvalue weighted by molar-refractivity contribution is -0.136. The molecule has 22 heavy (non-hydrogen) atoms. The van der Waals surface area contributed by atoms with Gasteiger partial charge in [0.1, 0.15) is 13.2 Å². The van der Waals surface area contributed by atoms with Crippen molar-refractivity contribution in [1.29, 1.82) is 0 Å². The first kappa shape index (κ1) is 16.3. The van der Waals surface area contributed by atoms with E-state index in [9.17, 15) is 9.59 Å². The molecule has 5 nitrogen and oxygen atoms in total. The van der Waals surface area contributed by atoms with Crippen molar-refractivity contribution in [3.63, 3.8) is 0 Å². The molecule has 5 heteroatoms. The van der Waals surface area contributed by atoms with Gasteiger partial charge in [-0.25, -0.2) is 4.79 Å². The number of nitrogens with zero attached hydrogens (tertiary/aromatic N) is 2. The Morgan fingerprint density at radius 3 is 2.45 bits per heavy atom. The Labute approximate surface area is 131 Å². The summed E-state index contributed by atoms with van der Waals surface area (Å²) in [6.07, 6.45) is -0.424. The van der Waals surface area contributed by atoms with Gasteiger partial charge in [-0.05, 0) is 11.0 Å². The summed E-state index contributed by atoms with van der Waals surface area (Å²) in [6, 6.07) is 9.52. The first-order chi connectivity index (χ1) is 10.3. The highest BCUT2D eigenvalue weighted by Crippen LogP contribution is 2.17. The molecule has 1 aliphatic rings. The largest absolute Gasteiger partial charge is 0.445 e. The Kier molecular flexibility index (Phi) is 5.06. The molecule has 1 aromatic rings. The minimum Gasteiger partial charge on any atom is -0.445 e. The summed E-state index contributed by atoms with van der Waals surface area (Å²) in [6.45, 7) is 8.42. The summed E-state index contributed by atoms with van der Waals surface area (Å²) in [7, 11) is 0. The summed E-state index contributed by atoms with van der Waals surface area (Å²) in [5.74, 6) is -0.0159. The predicted molar refractivity (Wildman–Crippen MR) is 84.2 cm³/mol. The van der Waals surface area contributed by atoms with E-state index in [-0.39, 0.29) is 24.5 Å². The van der Waals surface area contributed by atoms with Crippen LogP contribution >= 0.6 is 0 Å². The molecule has 1 aromatic carbocycles. The van der Waals surface area contributed by atoms with Gasteiger partial charge in [-0.2, -0.15) is 0 Å². The number of piperazine rings is 1. The van der Waals surface area contributed by atoms with Crippen LogP contribution < -0.4 is 0 Å². The highest BCUT2D eigenvalue weighted by molar-refractivity contribution is 5.83. The predicted octanol–water partition coefficient (Wildman–Crippen LogP) is 2.51. The molecule has 1 aliphatic heterocycles. The Balaban J connectivity index is 1.82. The van der Waals surface area contributed by atoms with Crippen molar-refractivity contribution in [2.75, 3.05) is 26.2 Å². The SMILES string of the molecule is CC(C)(C)CN1CCN(C(=O)OCc2ccccc2)CC1=O. The molecule has 0 radical (unpaired) electrons. The summed E-state index contributed by atoms with van der Waals surface area (Å²) in [4.78, 5) is 27.5. The van der Waals surface area contributed by atoms with Crippen LogP contribution in [-0.4, -0.2) is 48.0 Å². The van der Waals surface area contributed by atoms with Crippen molar-refractivity contribution >= 4 is 12.0 Å². The Hall–Kier alpha value is -2.04. The zero-order valence-corrected chi connectivity index (χ0v) is 13.5. The molecule has 0 atom stereocenters. The highest BCUT2D eigenvalue weighted by atomic mass is 16.6. The fourth-order valence-electron chi connectivity index (χ4n) is 2.41. The maximum Gasteiger partial charge on any atom is 0.410 e. The van der Waals surface area contributed by atoms with Crippen molar-refractivity contribution in [3.8, 4) is 0 Å². The van der Waals surface area contributed by atoms with Crippen molar-refractivity contribution in [3.05, 3.63) is 35.9 Å². The van der Waals surface area contributed by atoms with Gasteiger partial charge < -0.3 is 9.64 Å². The van der Waals surface area contributed by atoms with Crippen LogP contribution in [0, 0.1) is 5.41 Å². The van der Waals surface area contributed by atoms with E-state index < -0.39 is 6.09 Å². The second-order valence-electron chi connectivity index (χ2n) is 6.84. The molecule has 0 aromatic heterocycles. The van der Waals surface area contributed by atoms with E-state index in [1.165, 1.54) is 4.90 Å². The minimum absolute atomic E-state index is 0.0159. The molecule has 2 rings (SSSR count). The third-order valence-electron chi connectivity index (χ3n) is 3.45. The third-order valence-corrected chi connectivity index (χ3v) is 3.45. The Morgan fingerprint density at radius 1 is 1.18 bits per heavy atom. The average Bonchev–Trinajstić information content (AvgIpc) is 2.46. The van der Waals surface area contributed by atoms with Crippen molar-refractivity contribution in [2.45, 2.75) is 27.4 Å². The van der Waals surface area contributed by atoms with Gasteiger partial charge >= 0.3 is 6.09 Å². The smallest absolute Gasteiger partial charge is 0.410 e. The second-order valence-corrected chi connectivity index (χ2v) is 6.84. The summed E-state index contributed by atoms with van der Waals surface area (Å²) in [5.41, 5.74) is 1.000. The number of benzene rings is 1. The molecule has 0 N–H and O–H groups in total. The minimum atomic E-state index is -0.424. The third kappa shape index (κ3) is 4.76. The number of hydrogen-bond donors (Lipinski definition) is 0. The number of hydrogen-bond acceptors (Lipinski definition) is 3. The molecule has 1 heterocycles. The molecule has 1 fully saturated rings. The van der Waals surface area contributed by atoms with E-state index in [0.29, 0.717) is 19.6 Å². The molecule has 120 valence electrons. The monoisotopic (exact) mass is 304 g/mol. The van der Waals surface area contributed by atoms with E-state index >= 15 is 0 Å². The normalized spacial score (nSPS) is 15.9. The van der Waals surface area contributed by atoms with Crippen LogP contribution in [0.15, 0.2) is 30.3 Å². The zero-order valence-electron chi connectivity index (χ0n) is 13.5. The first-order valence-corrected chi connectivity index (χ1v) is 7.58. The lowest BCUT2D eigenvalue weighted by Gasteiger charge is -2.37. The van der Waals surface area contributed by atoms with Crippen LogP contribution in [0.4, 0.5) is 4.79 Å². The molecule has 0 saturated carbocycles. The van der Waals surface area contributed by atoms with E-state index in [2.05, 4.69) is 20.8 Å². The van der Waals surface area contributed by atoms with E-state index in [1.807, 2.05) is 35.2 Å². The van der Waals surface area contributed by atoms with Gasteiger partial charge in [0.15, 0.2) is 0 Å². The van der Waals surface area contributed by atoms with Gasteiger partial charge in [0, 0.05) is 19.6 Å². The summed E-state index contributed by atoms with van der Waals surface area (Å²) >= 11 is 0. The maximum atomic E-state index is 12.1. The lowest BCUT2D eigenvalue weighted by Crippen LogP contribution is -2.54. The molecule has 0 bridgehead atoms. The summed E-state index contributed by atoms with van der Waals surface area (Å²) < 4.78 is 5.27. The molecular formula is C17H24N2O3. The molecular weight excluding hydrogens is 280 g/mol. The van der Waals surface area contributed by atoms with Crippen LogP contribution in [0.5, 0.6) is 0 Å². The topological polar surface area (TPSA) is 49.9 Å². The van der Waals surface area contributed by atoms with Crippen LogP contribution in [0.1, 0.15) is 26.3 Å². The first-order valence-electron chi connectivity index (χ1n) is 7.58. The molecule has 0 unspecified atom stereocenters. The number of rotatable bonds is 3. The molecule has 2 amide bonds. The van der Waals surface area contributed by atoms with Gasteiger partial charge in [0.2, 0.25) is 5.91 Å². The van der Waals surface area contributed by atoms with Crippen molar-refractivity contribution in [1.82, 2.24) is 9.80 Å². The van der Waals surface area contributed by atoms with Crippen LogP contribution in [0.3, 0.4) is 0 Å². The van der Waals surface area contributed by atoms with Crippen molar-refractivity contribution < 1.29 is 14.3 Å². The molecule has 0 aliphatic carbocycles. The molecule has 1 saturated heterocycles. The van der Waals surface area contributed by atoms with Crippen LogP contribution in [0.2, 0.25) is 0 Å². The number of amides is 2. The lowest BCUT2D eigenvalue weighted by atomic mass is 9.95. The number of carbonyl (C=O) groups excluding carboxylic acids is 2. The van der Waals surface area contributed by atoms with Gasteiger partial charge in [-0.1, -0.05) is 51.1 Å². The van der Waals surface area contributed by atoms with Crippen LogP contribution in [0.25, 0.3) is 0 Å². The Morgan fingerprint density at radius 2 is 1.86 bits per heavy atom. The average molecular weight is 304 g/mol. The van der Waals surface area contributed by atoms with E-state index in [1.54, 1.807) is 0 Å². The van der Waals surface area contributed by atoms with Crippen LogP contribution in [-0.2, 0) is 16.1 Å². The summed E-state index contributed by atoms with van der Waals surface area (Å²) in [5, 5.41) is 0. The Bertz CT molecular complexity index is 522. The van der Waals surface area contributed by atoms with Crippen molar-refractivity contribution in [2.24, 2.45) is 5.41 Å². The van der Waals surface area contributed by atoms with E-state index in [0.717, 1.165) is 5.56 Å². The number of ether oxygens (including phenoxy) is 1. The zero-order chi connectivity index (χ0) is 16.2. The fourth-order valence-corrected chi connectivity index (χ4v) is 2.41. The number of carbonyl (C=O) groups is 2. The van der Waals surface area contributed by atoms with Gasteiger partial charge in [-0.15, -0.1) is 0 Å². The standard InChI is InChI=1S/C17H24N2O3/c1-17(2,3)13-19-10-9-18(11-15(19)20)16(21)22-12-14-7-5-4-6-8-14/h4-8H,9-13H2,1-3H3. The maximum absolute atomic E-state index is 12.1. The van der Waals surface area contributed by atoms with Gasteiger partial charge in [-0.3, -0.25) is 9.69 Å². The second kappa shape index (κ2) is 6.81. The van der Waals surface area contributed by atoms with E-state index in [4.69, 9.17) is 4.74 Å². The van der Waals surface area contributed by atoms with Gasteiger partial charge in [0.05, 0.1) is 0 Å². The highest BCUT2D eigenvalue weighted by Gasteiger charge is 2.30. The fraction of sp³-hybridized carbons (Fsp3) is 0.529. The molecule has 0 spiro atoms. The van der Waals surface area contributed by atoms with Gasteiger partial charge in [0.25, 0.3) is 0 Å².